The lowest BCUT2D eigenvalue weighted by Gasteiger charge is -2.33. The van der Waals surface area contributed by atoms with Gasteiger partial charge in [-0.1, -0.05) is 0 Å². The Labute approximate surface area is 115 Å². The number of carbonyl (C=O) groups is 2. The highest BCUT2D eigenvalue weighted by molar-refractivity contribution is 7.14. The summed E-state index contributed by atoms with van der Waals surface area (Å²) >= 11 is 1.48. The SMILES string of the molecule is CCOC(=O)N1CCN(C(=O)Nc2cccs2)CC1. The van der Waals surface area contributed by atoms with Crippen LogP contribution in [0.5, 0.6) is 0 Å². The van der Waals surface area contributed by atoms with Crippen molar-refractivity contribution in [2.75, 3.05) is 38.1 Å². The van der Waals surface area contributed by atoms with Crippen LogP contribution in [0.15, 0.2) is 17.5 Å². The maximum atomic E-state index is 12.0. The van der Waals surface area contributed by atoms with Gasteiger partial charge in [0.1, 0.15) is 0 Å². The molecular weight excluding hydrogens is 266 g/mol. The lowest BCUT2D eigenvalue weighted by Crippen LogP contribution is -2.51. The number of carbonyl (C=O) groups excluding carboxylic acids is 2. The standard InChI is InChI=1S/C12H17N3O3S/c1-2-18-12(17)15-7-5-14(6-8-15)11(16)13-10-4-3-9-19-10/h3-4,9H,2,5-8H2,1H3,(H,13,16). The fourth-order valence-corrected chi connectivity index (χ4v) is 2.45. The van der Waals surface area contributed by atoms with Crippen LogP contribution in [0.1, 0.15) is 6.92 Å². The Morgan fingerprint density at radius 1 is 1.32 bits per heavy atom. The Morgan fingerprint density at radius 2 is 2.00 bits per heavy atom. The molecule has 0 aliphatic carbocycles. The maximum Gasteiger partial charge on any atom is 0.409 e. The molecule has 3 amide bonds. The number of nitrogens with one attached hydrogen (secondary N) is 1. The summed E-state index contributed by atoms with van der Waals surface area (Å²) in [5, 5.41) is 5.57. The Balaban J connectivity index is 1.79. The van der Waals surface area contributed by atoms with Crippen molar-refractivity contribution in [1.29, 1.82) is 0 Å². The molecule has 1 aliphatic rings. The van der Waals surface area contributed by atoms with Crippen molar-refractivity contribution in [3.63, 3.8) is 0 Å². The molecule has 0 unspecified atom stereocenters. The van der Waals surface area contributed by atoms with E-state index < -0.39 is 0 Å². The third-order valence-electron chi connectivity index (χ3n) is 2.84. The number of ether oxygens (including phenoxy) is 1. The second kappa shape index (κ2) is 6.42. The van der Waals surface area contributed by atoms with Gasteiger partial charge in [-0.25, -0.2) is 9.59 Å². The molecule has 1 aromatic rings. The minimum Gasteiger partial charge on any atom is -0.450 e. The third kappa shape index (κ3) is 3.60. The summed E-state index contributed by atoms with van der Waals surface area (Å²) in [6.45, 7) is 4.22. The summed E-state index contributed by atoms with van der Waals surface area (Å²) < 4.78 is 4.93. The van der Waals surface area contributed by atoms with Crippen molar-refractivity contribution in [1.82, 2.24) is 9.80 Å². The number of nitrogens with zero attached hydrogens (tertiary/aromatic N) is 2. The van der Waals surface area contributed by atoms with E-state index in [9.17, 15) is 9.59 Å². The predicted molar refractivity (Wildman–Crippen MR) is 73.5 cm³/mol. The molecule has 104 valence electrons. The predicted octanol–water partition coefficient (Wildman–Crippen LogP) is 2.05. The second-order valence-electron chi connectivity index (χ2n) is 4.08. The van der Waals surface area contributed by atoms with E-state index in [1.54, 1.807) is 16.7 Å². The van der Waals surface area contributed by atoms with Crippen LogP contribution >= 0.6 is 11.3 Å². The van der Waals surface area contributed by atoms with E-state index >= 15 is 0 Å². The van der Waals surface area contributed by atoms with E-state index in [1.807, 2.05) is 17.5 Å². The lowest BCUT2D eigenvalue weighted by atomic mass is 10.3. The Kier molecular flexibility index (Phi) is 4.62. The highest BCUT2D eigenvalue weighted by atomic mass is 32.1. The summed E-state index contributed by atoms with van der Waals surface area (Å²) in [6, 6.07) is 3.63. The molecule has 1 aromatic heterocycles. The number of hydrogen-bond acceptors (Lipinski definition) is 4. The fourth-order valence-electron chi connectivity index (χ4n) is 1.84. The first-order valence-corrected chi connectivity index (χ1v) is 7.10. The summed E-state index contributed by atoms with van der Waals surface area (Å²) in [6.07, 6.45) is -0.305. The van der Waals surface area contributed by atoms with E-state index in [-0.39, 0.29) is 12.1 Å². The Hall–Kier alpha value is -1.76. The minimum atomic E-state index is -0.305. The van der Waals surface area contributed by atoms with Crippen molar-refractivity contribution < 1.29 is 14.3 Å². The largest absolute Gasteiger partial charge is 0.450 e. The molecule has 1 aliphatic heterocycles. The summed E-state index contributed by atoms with van der Waals surface area (Å²) in [5.41, 5.74) is 0. The maximum absolute atomic E-state index is 12.0. The van der Waals surface area contributed by atoms with Crippen LogP contribution in [0.25, 0.3) is 0 Å². The first kappa shape index (κ1) is 13.7. The highest BCUT2D eigenvalue weighted by Gasteiger charge is 2.24. The third-order valence-corrected chi connectivity index (χ3v) is 3.63. The number of piperazine rings is 1. The van der Waals surface area contributed by atoms with Crippen molar-refractivity contribution >= 4 is 28.5 Å². The first-order valence-electron chi connectivity index (χ1n) is 6.22. The van der Waals surface area contributed by atoms with Crippen LogP contribution in [0.4, 0.5) is 14.6 Å². The second-order valence-corrected chi connectivity index (χ2v) is 5.03. The molecule has 1 fully saturated rings. The van der Waals surface area contributed by atoms with Crippen LogP contribution in [-0.2, 0) is 4.74 Å². The first-order chi connectivity index (χ1) is 9.20. The van der Waals surface area contributed by atoms with Gasteiger partial charge in [0.05, 0.1) is 11.6 Å². The van der Waals surface area contributed by atoms with Crippen LogP contribution in [-0.4, -0.2) is 54.7 Å². The molecule has 2 rings (SSSR count). The van der Waals surface area contributed by atoms with Crippen molar-refractivity contribution in [2.24, 2.45) is 0 Å². The normalized spacial score (nSPS) is 15.2. The van der Waals surface area contributed by atoms with E-state index in [4.69, 9.17) is 4.74 Å². The molecular formula is C12H17N3O3S. The summed E-state index contributed by atoms with van der Waals surface area (Å²) in [4.78, 5) is 26.8. The van der Waals surface area contributed by atoms with Crippen LogP contribution in [0.3, 0.4) is 0 Å². The molecule has 1 saturated heterocycles. The molecule has 0 atom stereocenters. The van der Waals surface area contributed by atoms with Gasteiger partial charge in [0.15, 0.2) is 0 Å². The lowest BCUT2D eigenvalue weighted by molar-refractivity contribution is 0.0869. The molecule has 7 heteroatoms. The van der Waals surface area contributed by atoms with Crippen LogP contribution in [0.2, 0.25) is 0 Å². The average Bonchev–Trinajstić information content (AvgIpc) is 2.92. The number of urea groups is 1. The van der Waals surface area contributed by atoms with E-state index in [2.05, 4.69) is 5.32 Å². The van der Waals surface area contributed by atoms with Gasteiger partial charge in [-0.3, -0.25) is 5.32 Å². The number of amides is 3. The van der Waals surface area contributed by atoms with E-state index in [0.29, 0.717) is 32.8 Å². The highest BCUT2D eigenvalue weighted by Crippen LogP contribution is 2.16. The number of rotatable bonds is 2. The van der Waals surface area contributed by atoms with E-state index in [0.717, 1.165) is 5.00 Å². The molecule has 2 heterocycles. The number of thiophene rings is 1. The van der Waals surface area contributed by atoms with E-state index in [1.165, 1.54) is 11.3 Å². The smallest absolute Gasteiger partial charge is 0.409 e. The van der Waals surface area contributed by atoms with Gasteiger partial charge in [-0.2, -0.15) is 0 Å². The van der Waals surface area contributed by atoms with Crippen LogP contribution < -0.4 is 5.32 Å². The molecule has 0 spiro atoms. The summed E-state index contributed by atoms with van der Waals surface area (Å²) in [7, 11) is 0. The van der Waals surface area contributed by atoms with Gasteiger partial charge in [0.2, 0.25) is 0 Å². The van der Waals surface area contributed by atoms with Gasteiger partial charge in [0, 0.05) is 26.2 Å². The van der Waals surface area contributed by atoms with Gasteiger partial charge in [-0.15, -0.1) is 11.3 Å². The molecule has 0 bridgehead atoms. The van der Waals surface area contributed by atoms with Gasteiger partial charge < -0.3 is 14.5 Å². The number of hydrogen-bond donors (Lipinski definition) is 1. The minimum absolute atomic E-state index is 0.119. The Bertz CT molecular complexity index is 427. The average molecular weight is 283 g/mol. The zero-order valence-corrected chi connectivity index (χ0v) is 11.6. The van der Waals surface area contributed by atoms with Crippen molar-refractivity contribution in [3.8, 4) is 0 Å². The molecule has 1 N–H and O–H groups in total. The number of anilines is 1. The summed E-state index contributed by atoms with van der Waals surface area (Å²) in [5.74, 6) is 0. The zero-order chi connectivity index (χ0) is 13.7. The molecule has 0 saturated carbocycles. The van der Waals surface area contributed by atoms with Gasteiger partial charge >= 0.3 is 12.1 Å². The van der Waals surface area contributed by atoms with Crippen LogP contribution in [0, 0.1) is 0 Å². The topological polar surface area (TPSA) is 61.9 Å². The molecule has 0 radical (unpaired) electrons. The molecule has 19 heavy (non-hydrogen) atoms. The van der Waals surface area contributed by atoms with Gasteiger partial charge in [0.25, 0.3) is 0 Å². The van der Waals surface area contributed by atoms with Gasteiger partial charge in [-0.05, 0) is 24.4 Å². The van der Waals surface area contributed by atoms with Crippen molar-refractivity contribution in [2.45, 2.75) is 6.92 Å². The quantitative estimate of drug-likeness (QED) is 0.903. The monoisotopic (exact) mass is 283 g/mol. The molecule has 0 aromatic carbocycles. The zero-order valence-electron chi connectivity index (χ0n) is 10.8. The Morgan fingerprint density at radius 3 is 2.58 bits per heavy atom. The molecule has 6 nitrogen and oxygen atoms in total. The fraction of sp³-hybridized carbons (Fsp3) is 0.500. The van der Waals surface area contributed by atoms with Crippen molar-refractivity contribution in [3.05, 3.63) is 17.5 Å².